The summed E-state index contributed by atoms with van der Waals surface area (Å²) in [4.78, 5) is 0. The lowest BCUT2D eigenvalue weighted by Crippen LogP contribution is -2.60. The quantitative estimate of drug-likeness (QED) is 0.371. The highest BCUT2D eigenvalue weighted by atomic mass is 16.6. The van der Waals surface area contributed by atoms with Crippen LogP contribution in [0.4, 0.5) is 0 Å². The Morgan fingerprint density at radius 1 is 0.686 bits per heavy atom. The summed E-state index contributed by atoms with van der Waals surface area (Å²) in [5, 5.41) is 11.2. The van der Waals surface area contributed by atoms with Crippen molar-refractivity contribution in [3.63, 3.8) is 0 Å². The molecule has 1 fully saturated rings. The zero-order valence-electron chi connectivity index (χ0n) is 19.9. The molecule has 0 spiro atoms. The van der Waals surface area contributed by atoms with E-state index in [1.54, 1.807) is 6.08 Å². The van der Waals surface area contributed by atoms with Crippen molar-refractivity contribution >= 4 is 0 Å². The van der Waals surface area contributed by atoms with Gasteiger partial charge in [0.15, 0.2) is 0 Å². The number of hydrogen-bond acceptors (Lipinski definition) is 5. The van der Waals surface area contributed by atoms with Crippen molar-refractivity contribution in [2.24, 2.45) is 0 Å². The molecular weight excluding hydrogens is 440 g/mol. The Hall–Kier alpha value is -2.80. The summed E-state index contributed by atoms with van der Waals surface area (Å²) in [6.07, 6.45) is -0.537. The summed E-state index contributed by atoms with van der Waals surface area (Å²) < 4.78 is 25.0. The van der Waals surface area contributed by atoms with Crippen LogP contribution < -0.4 is 0 Å². The molecule has 0 saturated carbocycles. The zero-order valence-corrected chi connectivity index (χ0v) is 19.9. The van der Waals surface area contributed by atoms with Crippen LogP contribution in [0.5, 0.6) is 0 Å². The third-order valence-corrected chi connectivity index (χ3v) is 6.12. The van der Waals surface area contributed by atoms with Crippen LogP contribution >= 0.6 is 0 Å². The lowest BCUT2D eigenvalue weighted by Gasteiger charge is -2.44. The number of rotatable bonds is 12. The molecule has 35 heavy (non-hydrogen) atoms. The summed E-state index contributed by atoms with van der Waals surface area (Å²) in [5.41, 5.74) is 3.16. The number of aliphatic hydroxyl groups excluding tert-OH is 1. The molecule has 1 aliphatic rings. The molecule has 0 aliphatic carbocycles. The molecule has 0 unspecified atom stereocenters. The molecule has 1 saturated heterocycles. The number of ether oxygens (including phenoxy) is 4. The van der Waals surface area contributed by atoms with E-state index < -0.39 is 30.5 Å². The number of hydrogen-bond donors (Lipinski definition) is 1. The van der Waals surface area contributed by atoms with Gasteiger partial charge in [0, 0.05) is 0 Å². The first-order valence-corrected chi connectivity index (χ1v) is 12.1. The van der Waals surface area contributed by atoms with E-state index in [-0.39, 0.29) is 0 Å². The second-order valence-corrected chi connectivity index (χ2v) is 8.75. The van der Waals surface area contributed by atoms with Gasteiger partial charge in [-0.1, -0.05) is 97.1 Å². The van der Waals surface area contributed by atoms with E-state index in [0.717, 1.165) is 16.7 Å². The van der Waals surface area contributed by atoms with Gasteiger partial charge in [0.25, 0.3) is 0 Å². The first kappa shape index (κ1) is 25.3. The van der Waals surface area contributed by atoms with Crippen LogP contribution in [-0.2, 0) is 38.8 Å². The van der Waals surface area contributed by atoms with Gasteiger partial charge in [-0.25, -0.2) is 0 Å². The normalized spacial score (nSPS) is 24.2. The first-order valence-electron chi connectivity index (χ1n) is 12.1. The first-order chi connectivity index (χ1) is 17.2. The second-order valence-electron chi connectivity index (χ2n) is 8.75. The third kappa shape index (κ3) is 7.34. The fourth-order valence-electron chi connectivity index (χ4n) is 4.29. The highest BCUT2D eigenvalue weighted by Gasteiger charge is 2.46. The zero-order chi connectivity index (χ0) is 24.3. The Balaban J connectivity index is 1.50. The molecule has 1 N–H and O–H groups in total. The van der Waals surface area contributed by atoms with E-state index in [9.17, 15) is 5.11 Å². The molecular formula is C30H34O5. The van der Waals surface area contributed by atoms with Gasteiger partial charge in [-0.15, -0.1) is 6.58 Å². The SMILES string of the molecule is C=CC[C@@H]1O[C@H](COCc2ccccc2)[C@@H](OCc2ccccc2)[C@H](OCc2ccccc2)[C@H]1O. The average molecular weight is 475 g/mol. The molecule has 5 atom stereocenters. The summed E-state index contributed by atoms with van der Waals surface area (Å²) in [7, 11) is 0. The van der Waals surface area contributed by atoms with Crippen molar-refractivity contribution in [1.82, 2.24) is 0 Å². The molecule has 3 aromatic carbocycles. The van der Waals surface area contributed by atoms with Crippen LogP contribution in [0.1, 0.15) is 23.1 Å². The maximum atomic E-state index is 11.2. The maximum absolute atomic E-state index is 11.2. The molecule has 0 amide bonds. The average Bonchev–Trinajstić information content (AvgIpc) is 2.90. The molecule has 4 rings (SSSR count). The minimum atomic E-state index is -0.858. The molecule has 5 heteroatoms. The van der Waals surface area contributed by atoms with E-state index in [1.165, 1.54) is 0 Å². The van der Waals surface area contributed by atoms with E-state index in [2.05, 4.69) is 6.58 Å². The van der Waals surface area contributed by atoms with Crippen molar-refractivity contribution < 1.29 is 24.1 Å². The lowest BCUT2D eigenvalue weighted by atomic mass is 9.93. The van der Waals surface area contributed by atoms with Gasteiger partial charge in [0.05, 0.1) is 32.5 Å². The Bertz CT molecular complexity index is 995. The maximum Gasteiger partial charge on any atom is 0.115 e. The van der Waals surface area contributed by atoms with E-state index in [0.29, 0.717) is 32.8 Å². The van der Waals surface area contributed by atoms with Crippen molar-refractivity contribution in [1.29, 1.82) is 0 Å². The minimum absolute atomic E-state index is 0.319. The van der Waals surface area contributed by atoms with Gasteiger partial charge in [0.1, 0.15) is 24.4 Å². The Morgan fingerprint density at radius 3 is 1.69 bits per heavy atom. The Labute approximate surface area is 207 Å². The number of aliphatic hydroxyl groups is 1. The molecule has 0 aromatic heterocycles. The van der Waals surface area contributed by atoms with Gasteiger partial charge in [-0.3, -0.25) is 0 Å². The predicted octanol–water partition coefficient (Wildman–Crippen LogP) is 5.08. The van der Waals surface area contributed by atoms with Crippen LogP contribution in [0.25, 0.3) is 0 Å². The predicted molar refractivity (Wildman–Crippen MR) is 136 cm³/mol. The van der Waals surface area contributed by atoms with E-state index in [4.69, 9.17) is 18.9 Å². The smallest absolute Gasteiger partial charge is 0.115 e. The summed E-state index contributed by atoms with van der Waals surface area (Å²) in [6, 6.07) is 29.9. The number of benzene rings is 3. The molecule has 3 aromatic rings. The van der Waals surface area contributed by atoms with Crippen molar-refractivity contribution in [2.45, 2.75) is 56.8 Å². The largest absolute Gasteiger partial charge is 0.388 e. The molecule has 184 valence electrons. The van der Waals surface area contributed by atoms with Gasteiger partial charge in [-0.05, 0) is 23.1 Å². The standard InChI is InChI=1S/C30H34O5/c1-2-12-26-28(31)30(34-21-25-17-10-5-11-18-25)29(33-20-24-15-8-4-9-16-24)27(35-26)22-32-19-23-13-6-3-7-14-23/h2-11,13-18,26-31H,1,12,19-22H2/t26-,27+,28-,29+,30+/m0/s1. The second kappa shape index (κ2) is 13.3. The topological polar surface area (TPSA) is 57.2 Å². The van der Waals surface area contributed by atoms with Crippen molar-refractivity contribution in [3.8, 4) is 0 Å². The van der Waals surface area contributed by atoms with Crippen LogP contribution in [-0.4, -0.2) is 42.2 Å². The minimum Gasteiger partial charge on any atom is -0.388 e. The summed E-state index contributed by atoms with van der Waals surface area (Å²) in [6.45, 7) is 5.37. The van der Waals surface area contributed by atoms with Crippen LogP contribution in [0.3, 0.4) is 0 Å². The van der Waals surface area contributed by atoms with Crippen molar-refractivity contribution in [2.75, 3.05) is 6.61 Å². The fourth-order valence-corrected chi connectivity index (χ4v) is 4.29. The van der Waals surface area contributed by atoms with Gasteiger partial charge in [-0.2, -0.15) is 0 Å². The summed E-state index contributed by atoms with van der Waals surface area (Å²) in [5.74, 6) is 0. The highest BCUT2D eigenvalue weighted by Crippen LogP contribution is 2.30. The van der Waals surface area contributed by atoms with Crippen LogP contribution in [0, 0.1) is 0 Å². The molecule has 0 bridgehead atoms. The fraction of sp³-hybridized carbons (Fsp3) is 0.333. The Morgan fingerprint density at radius 2 is 1.17 bits per heavy atom. The van der Waals surface area contributed by atoms with Gasteiger partial charge >= 0.3 is 0 Å². The highest BCUT2D eigenvalue weighted by molar-refractivity contribution is 5.15. The molecule has 1 aliphatic heterocycles. The lowest BCUT2D eigenvalue weighted by molar-refractivity contribution is -0.260. The monoisotopic (exact) mass is 474 g/mol. The molecule has 5 nitrogen and oxygen atoms in total. The van der Waals surface area contributed by atoms with E-state index in [1.807, 2.05) is 91.0 Å². The summed E-state index contributed by atoms with van der Waals surface area (Å²) >= 11 is 0. The van der Waals surface area contributed by atoms with E-state index >= 15 is 0 Å². The van der Waals surface area contributed by atoms with Gasteiger partial charge in [0.2, 0.25) is 0 Å². The molecule has 0 radical (unpaired) electrons. The van der Waals surface area contributed by atoms with Crippen molar-refractivity contribution in [3.05, 3.63) is 120 Å². The third-order valence-electron chi connectivity index (χ3n) is 6.12. The molecule has 1 heterocycles. The van der Waals surface area contributed by atoms with Gasteiger partial charge < -0.3 is 24.1 Å². The van der Waals surface area contributed by atoms with Crippen LogP contribution in [0.15, 0.2) is 104 Å². The Kier molecular flexibility index (Phi) is 9.64. The van der Waals surface area contributed by atoms with Crippen LogP contribution in [0.2, 0.25) is 0 Å².